The second-order valence-electron chi connectivity index (χ2n) is 5.61. The monoisotopic (exact) mass is 333 g/mol. The predicted octanol–water partition coefficient (Wildman–Crippen LogP) is 3.44. The number of hydrogen-bond donors (Lipinski definition) is 1. The first kappa shape index (κ1) is 15.5. The molecule has 0 saturated heterocycles. The molecule has 1 aromatic carbocycles. The zero-order chi connectivity index (χ0) is 15.7. The van der Waals surface area contributed by atoms with E-state index in [0.29, 0.717) is 5.92 Å². The van der Waals surface area contributed by atoms with Gasteiger partial charge >= 0.3 is 0 Å². The topological polar surface area (TPSA) is 69.1 Å². The van der Waals surface area contributed by atoms with Crippen LogP contribution in [0.25, 0.3) is 4.96 Å². The first-order chi connectivity index (χ1) is 10.6. The summed E-state index contributed by atoms with van der Waals surface area (Å²) in [5.74, 6) is 1.95. The van der Waals surface area contributed by atoms with Gasteiger partial charge in [0.15, 0.2) is 10.2 Å². The molecule has 22 heavy (non-hydrogen) atoms. The van der Waals surface area contributed by atoms with Crippen molar-refractivity contribution in [3.63, 3.8) is 0 Å². The summed E-state index contributed by atoms with van der Waals surface area (Å²) < 4.78 is 2.78. The summed E-state index contributed by atoms with van der Waals surface area (Å²) in [5, 5.41) is 13.0. The zero-order valence-corrected chi connectivity index (χ0v) is 14.5. The minimum absolute atomic E-state index is 0.147. The number of nitrogens with zero attached hydrogens (tertiary/aromatic N) is 4. The van der Waals surface area contributed by atoms with Crippen molar-refractivity contribution >= 4 is 28.1 Å². The van der Waals surface area contributed by atoms with Gasteiger partial charge in [0.05, 0.1) is 6.04 Å². The molecule has 3 rings (SSSR count). The van der Waals surface area contributed by atoms with Gasteiger partial charge in [0, 0.05) is 5.75 Å². The summed E-state index contributed by atoms with van der Waals surface area (Å²) in [6.07, 6.45) is 0. The first-order valence-corrected chi connectivity index (χ1v) is 9.01. The van der Waals surface area contributed by atoms with Crippen LogP contribution in [0.5, 0.6) is 0 Å². The van der Waals surface area contributed by atoms with Gasteiger partial charge in [-0.05, 0) is 24.0 Å². The molecule has 0 bridgehead atoms. The van der Waals surface area contributed by atoms with Crippen molar-refractivity contribution in [1.29, 1.82) is 0 Å². The third-order valence-electron chi connectivity index (χ3n) is 3.63. The van der Waals surface area contributed by atoms with E-state index >= 15 is 0 Å². The Morgan fingerprint density at radius 2 is 2.05 bits per heavy atom. The van der Waals surface area contributed by atoms with Gasteiger partial charge in [0.2, 0.25) is 4.96 Å². The van der Waals surface area contributed by atoms with E-state index < -0.39 is 0 Å². The van der Waals surface area contributed by atoms with E-state index in [2.05, 4.69) is 60.3 Å². The van der Waals surface area contributed by atoms with Crippen LogP contribution in [-0.4, -0.2) is 19.8 Å². The van der Waals surface area contributed by atoms with E-state index in [4.69, 9.17) is 5.73 Å². The van der Waals surface area contributed by atoms with E-state index in [9.17, 15) is 0 Å². The molecule has 0 aliphatic rings. The fourth-order valence-corrected chi connectivity index (χ4v) is 4.05. The van der Waals surface area contributed by atoms with E-state index in [1.807, 2.05) is 0 Å². The Hall–Kier alpha value is -1.44. The molecule has 116 valence electrons. The number of hydrogen-bond acceptors (Lipinski definition) is 6. The largest absolute Gasteiger partial charge is 0.321 e. The highest BCUT2D eigenvalue weighted by atomic mass is 32.2. The van der Waals surface area contributed by atoms with E-state index in [0.717, 1.165) is 20.9 Å². The van der Waals surface area contributed by atoms with Gasteiger partial charge in [0.1, 0.15) is 0 Å². The fourth-order valence-electron chi connectivity index (χ4n) is 2.09. The summed E-state index contributed by atoms with van der Waals surface area (Å²) in [6, 6.07) is 8.27. The summed E-state index contributed by atoms with van der Waals surface area (Å²) in [4.78, 5) is 0.804. The molecule has 1 atom stereocenters. The second-order valence-corrected chi connectivity index (χ2v) is 7.78. The highest BCUT2D eigenvalue weighted by molar-refractivity contribution is 8.00. The molecule has 0 aliphatic heterocycles. The molecule has 0 amide bonds. The van der Waals surface area contributed by atoms with Crippen LogP contribution in [0.3, 0.4) is 0 Å². The lowest BCUT2D eigenvalue weighted by molar-refractivity contribution is 0.479. The average Bonchev–Trinajstić information content (AvgIpc) is 3.05. The van der Waals surface area contributed by atoms with Crippen LogP contribution in [0.1, 0.15) is 36.8 Å². The molecule has 0 fully saturated rings. The third kappa shape index (κ3) is 3.02. The fraction of sp³-hybridized carbons (Fsp3) is 0.400. The summed E-state index contributed by atoms with van der Waals surface area (Å²) in [7, 11) is 0. The molecule has 3 aromatic rings. The quantitative estimate of drug-likeness (QED) is 0.724. The Labute approximate surface area is 137 Å². The standard InChI is InChI=1S/C15H19N5S2/c1-9(2)12(16)13-17-18-14-20(13)19-15(22-14)21-8-11-7-5-4-6-10(11)3/h4-7,9,12H,8,16H2,1-3H3/t12-/m0/s1. The maximum absolute atomic E-state index is 6.18. The number of nitrogens with two attached hydrogens (primary N) is 1. The number of aromatic nitrogens is 4. The van der Waals surface area contributed by atoms with Crippen molar-refractivity contribution in [2.24, 2.45) is 11.7 Å². The molecule has 0 aliphatic carbocycles. The number of rotatable bonds is 5. The Morgan fingerprint density at radius 3 is 2.77 bits per heavy atom. The second kappa shape index (κ2) is 6.36. The van der Waals surface area contributed by atoms with Crippen molar-refractivity contribution in [1.82, 2.24) is 19.8 Å². The van der Waals surface area contributed by atoms with Crippen molar-refractivity contribution < 1.29 is 0 Å². The lowest BCUT2D eigenvalue weighted by Gasteiger charge is -2.11. The van der Waals surface area contributed by atoms with E-state index in [1.54, 1.807) is 27.6 Å². The maximum atomic E-state index is 6.18. The van der Waals surface area contributed by atoms with Crippen LogP contribution in [0.2, 0.25) is 0 Å². The summed E-state index contributed by atoms with van der Waals surface area (Å²) >= 11 is 3.28. The van der Waals surface area contributed by atoms with Gasteiger partial charge in [-0.1, -0.05) is 61.2 Å². The Morgan fingerprint density at radius 1 is 1.27 bits per heavy atom. The molecule has 5 nitrogen and oxygen atoms in total. The van der Waals surface area contributed by atoms with Gasteiger partial charge < -0.3 is 5.73 Å². The minimum Gasteiger partial charge on any atom is -0.321 e. The van der Waals surface area contributed by atoms with Crippen LogP contribution in [-0.2, 0) is 5.75 Å². The van der Waals surface area contributed by atoms with E-state index in [1.165, 1.54) is 11.1 Å². The normalized spacial score (nSPS) is 13.1. The molecule has 2 aromatic heterocycles. The third-order valence-corrected chi connectivity index (χ3v) is 5.71. The van der Waals surface area contributed by atoms with Crippen molar-refractivity contribution in [2.75, 3.05) is 0 Å². The Bertz CT molecular complexity index is 777. The van der Waals surface area contributed by atoms with Gasteiger partial charge in [-0.2, -0.15) is 4.52 Å². The van der Waals surface area contributed by atoms with Crippen LogP contribution in [0.4, 0.5) is 0 Å². The van der Waals surface area contributed by atoms with Crippen molar-refractivity contribution in [3.05, 3.63) is 41.2 Å². The first-order valence-electron chi connectivity index (χ1n) is 7.21. The lowest BCUT2D eigenvalue weighted by Crippen LogP contribution is -2.20. The highest BCUT2D eigenvalue weighted by Crippen LogP contribution is 2.29. The Kier molecular flexibility index (Phi) is 4.46. The molecule has 7 heteroatoms. The highest BCUT2D eigenvalue weighted by Gasteiger charge is 2.20. The van der Waals surface area contributed by atoms with Crippen LogP contribution in [0.15, 0.2) is 28.6 Å². The molecule has 0 saturated carbocycles. The summed E-state index contributed by atoms with van der Waals surface area (Å²) in [5.41, 5.74) is 8.81. The average molecular weight is 333 g/mol. The smallest absolute Gasteiger partial charge is 0.235 e. The zero-order valence-electron chi connectivity index (χ0n) is 12.9. The molecule has 0 unspecified atom stereocenters. The molecule has 2 heterocycles. The van der Waals surface area contributed by atoms with Crippen LogP contribution in [0, 0.1) is 12.8 Å². The molecular formula is C15H19N5S2. The number of aryl methyl sites for hydroxylation is 1. The maximum Gasteiger partial charge on any atom is 0.235 e. The molecule has 0 spiro atoms. The van der Waals surface area contributed by atoms with Gasteiger partial charge in [-0.15, -0.1) is 15.3 Å². The van der Waals surface area contributed by atoms with Crippen molar-refractivity contribution in [3.8, 4) is 0 Å². The predicted molar refractivity (Wildman–Crippen MR) is 91.2 cm³/mol. The molecule has 2 N–H and O–H groups in total. The Balaban J connectivity index is 1.80. The van der Waals surface area contributed by atoms with Gasteiger partial charge in [0.25, 0.3) is 0 Å². The number of benzene rings is 1. The van der Waals surface area contributed by atoms with Gasteiger partial charge in [-0.25, -0.2) is 0 Å². The number of fused-ring (bicyclic) bond motifs is 1. The SMILES string of the molecule is Cc1ccccc1CSc1nn2c([C@@H](N)C(C)C)nnc2s1. The van der Waals surface area contributed by atoms with E-state index in [-0.39, 0.29) is 6.04 Å². The van der Waals surface area contributed by atoms with Gasteiger partial charge in [-0.3, -0.25) is 0 Å². The lowest BCUT2D eigenvalue weighted by atomic mass is 10.1. The minimum atomic E-state index is -0.147. The molecular weight excluding hydrogens is 314 g/mol. The summed E-state index contributed by atoms with van der Waals surface area (Å²) in [6.45, 7) is 6.28. The number of thioether (sulfide) groups is 1. The molecule has 0 radical (unpaired) electrons. The van der Waals surface area contributed by atoms with Crippen LogP contribution < -0.4 is 5.73 Å². The van der Waals surface area contributed by atoms with Crippen molar-refractivity contribution in [2.45, 2.75) is 36.9 Å². The van der Waals surface area contributed by atoms with Crippen LogP contribution >= 0.6 is 23.1 Å².